The molecule has 1 aliphatic heterocycles. The van der Waals surface area contributed by atoms with Crippen LogP contribution in [0.4, 0.5) is 0 Å². The summed E-state index contributed by atoms with van der Waals surface area (Å²) in [7, 11) is 0. The van der Waals surface area contributed by atoms with Gasteiger partial charge in [-0.2, -0.15) is 10.5 Å². The zero-order valence-corrected chi connectivity index (χ0v) is 14.1. The van der Waals surface area contributed by atoms with E-state index in [1.807, 2.05) is 25.1 Å². The number of carbonyl (C=O) groups excluding carboxylic acids is 1. The van der Waals surface area contributed by atoms with Crippen molar-refractivity contribution in [2.75, 3.05) is 12.4 Å². The van der Waals surface area contributed by atoms with Gasteiger partial charge in [0.1, 0.15) is 11.7 Å². The number of para-hydroxylation sites is 1. The van der Waals surface area contributed by atoms with Crippen molar-refractivity contribution in [3.8, 4) is 17.9 Å². The second-order valence-electron chi connectivity index (χ2n) is 5.00. The van der Waals surface area contributed by atoms with Gasteiger partial charge in [0.15, 0.2) is 0 Å². The molecule has 1 aromatic carbocycles. The molecule has 0 fully saturated rings. The molecule has 0 aliphatic carbocycles. The van der Waals surface area contributed by atoms with Crippen LogP contribution in [0.15, 0.2) is 47.5 Å². The largest absolute Gasteiger partial charge is 0.494 e. The van der Waals surface area contributed by atoms with Gasteiger partial charge in [-0.1, -0.05) is 24.3 Å². The summed E-state index contributed by atoms with van der Waals surface area (Å²) in [5, 5.41) is 22.3. The SMILES string of the molecule is C=CCSC1=C(C#N)[C@H](c2ccccc2OCC)[C@H](C#N)C(=O)N1. The summed E-state index contributed by atoms with van der Waals surface area (Å²) in [6.07, 6.45) is 1.69. The van der Waals surface area contributed by atoms with Crippen LogP contribution in [0.2, 0.25) is 0 Å². The first-order valence-corrected chi connectivity index (χ1v) is 8.46. The maximum absolute atomic E-state index is 12.4. The standard InChI is InChI=1S/C18H17N3O2S/c1-3-9-24-18-14(11-20)16(13(10-19)17(22)21-18)12-7-5-6-8-15(12)23-4-2/h3,5-8,13,16H,1,4,9H2,2H3,(H,21,22)/t13-,16+/m0/s1. The third kappa shape index (κ3) is 3.45. The van der Waals surface area contributed by atoms with Crippen LogP contribution in [0.25, 0.3) is 0 Å². The second-order valence-corrected chi connectivity index (χ2v) is 6.03. The zero-order chi connectivity index (χ0) is 17.5. The summed E-state index contributed by atoms with van der Waals surface area (Å²) < 4.78 is 5.63. The third-order valence-corrected chi connectivity index (χ3v) is 4.58. The Balaban J connectivity index is 2.61. The minimum Gasteiger partial charge on any atom is -0.494 e. The number of nitrogens with zero attached hydrogens (tertiary/aromatic N) is 2. The number of nitriles is 2. The molecule has 2 atom stereocenters. The Kier molecular flexibility index (Phi) is 6.06. The van der Waals surface area contributed by atoms with Crippen LogP contribution >= 0.6 is 11.8 Å². The number of rotatable bonds is 6. The molecule has 0 aromatic heterocycles. The molecule has 0 radical (unpaired) electrons. The Morgan fingerprint density at radius 1 is 1.42 bits per heavy atom. The number of thioether (sulfide) groups is 1. The Hall–Kier alpha value is -2.70. The smallest absolute Gasteiger partial charge is 0.243 e. The molecule has 0 saturated carbocycles. The van der Waals surface area contributed by atoms with Crippen LogP contribution in [0.1, 0.15) is 18.4 Å². The maximum atomic E-state index is 12.4. The molecule has 0 bridgehead atoms. The van der Waals surface area contributed by atoms with E-state index in [2.05, 4.69) is 18.0 Å². The lowest BCUT2D eigenvalue weighted by molar-refractivity contribution is -0.123. The van der Waals surface area contributed by atoms with Gasteiger partial charge < -0.3 is 10.1 Å². The average molecular weight is 339 g/mol. The number of nitrogens with one attached hydrogen (secondary N) is 1. The molecule has 1 aromatic rings. The zero-order valence-electron chi connectivity index (χ0n) is 13.3. The quantitative estimate of drug-likeness (QED) is 0.805. The molecule has 6 heteroatoms. The molecule has 0 unspecified atom stereocenters. The number of carbonyl (C=O) groups is 1. The van der Waals surface area contributed by atoms with Gasteiger partial charge in [0.25, 0.3) is 0 Å². The van der Waals surface area contributed by atoms with Crippen molar-refractivity contribution in [1.82, 2.24) is 5.32 Å². The number of hydrogen-bond acceptors (Lipinski definition) is 5. The summed E-state index contributed by atoms with van der Waals surface area (Å²) >= 11 is 1.32. The Morgan fingerprint density at radius 2 is 2.17 bits per heavy atom. The highest BCUT2D eigenvalue weighted by molar-refractivity contribution is 8.03. The summed E-state index contributed by atoms with van der Waals surface area (Å²) in [6, 6.07) is 11.4. The summed E-state index contributed by atoms with van der Waals surface area (Å²) in [4.78, 5) is 12.4. The summed E-state index contributed by atoms with van der Waals surface area (Å²) in [5.41, 5.74) is 1.05. The topological polar surface area (TPSA) is 85.9 Å². The van der Waals surface area contributed by atoms with Crippen LogP contribution < -0.4 is 10.1 Å². The lowest BCUT2D eigenvalue weighted by Crippen LogP contribution is -2.39. The number of amides is 1. The highest BCUT2D eigenvalue weighted by Crippen LogP contribution is 2.42. The Bertz CT molecular complexity index is 758. The van der Waals surface area contributed by atoms with Crippen molar-refractivity contribution in [3.63, 3.8) is 0 Å². The maximum Gasteiger partial charge on any atom is 0.243 e. The van der Waals surface area contributed by atoms with Gasteiger partial charge in [-0.25, -0.2) is 0 Å². The minimum atomic E-state index is -0.977. The van der Waals surface area contributed by atoms with Crippen molar-refractivity contribution in [2.45, 2.75) is 12.8 Å². The Labute approximate surface area is 145 Å². The first-order valence-electron chi connectivity index (χ1n) is 7.48. The molecule has 122 valence electrons. The summed E-state index contributed by atoms with van der Waals surface area (Å²) in [6.45, 7) is 5.97. The molecule has 1 aliphatic rings. The van der Waals surface area contributed by atoms with Crippen LogP contribution in [0.5, 0.6) is 5.75 Å². The molecule has 1 amide bonds. The van der Waals surface area contributed by atoms with Crippen LogP contribution in [-0.2, 0) is 4.79 Å². The molecule has 1 heterocycles. The van der Waals surface area contributed by atoms with E-state index >= 15 is 0 Å². The highest BCUT2D eigenvalue weighted by atomic mass is 32.2. The van der Waals surface area contributed by atoms with E-state index in [1.54, 1.807) is 18.2 Å². The van der Waals surface area contributed by atoms with Gasteiger partial charge in [0, 0.05) is 11.3 Å². The van der Waals surface area contributed by atoms with E-state index < -0.39 is 17.7 Å². The highest BCUT2D eigenvalue weighted by Gasteiger charge is 2.40. The van der Waals surface area contributed by atoms with Crippen LogP contribution in [0.3, 0.4) is 0 Å². The van der Waals surface area contributed by atoms with Gasteiger partial charge in [-0.15, -0.1) is 18.3 Å². The lowest BCUT2D eigenvalue weighted by Gasteiger charge is -2.29. The molecule has 2 rings (SSSR count). The molecule has 5 nitrogen and oxygen atoms in total. The first-order chi connectivity index (χ1) is 11.7. The first kappa shape index (κ1) is 17.7. The fourth-order valence-electron chi connectivity index (χ4n) is 2.59. The van der Waals surface area contributed by atoms with E-state index in [-0.39, 0.29) is 0 Å². The number of ether oxygens (including phenoxy) is 1. The monoisotopic (exact) mass is 339 g/mol. The number of allylic oxidation sites excluding steroid dienone is 1. The van der Waals surface area contributed by atoms with Crippen molar-refractivity contribution in [1.29, 1.82) is 10.5 Å². The fraction of sp³-hybridized carbons (Fsp3) is 0.278. The van der Waals surface area contributed by atoms with E-state index in [1.165, 1.54) is 11.8 Å². The van der Waals surface area contributed by atoms with Crippen molar-refractivity contribution in [3.05, 3.63) is 53.1 Å². The molecule has 1 N–H and O–H groups in total. The van der Waals surface area contributed by atoms with E-state index in [0.29, 0.717) is 34.3 Å². The van der Waals surface area contributed by atoms with Gasteiger partial charge in [-0.3, -0.25) is 4.79 Å². The molecule has 0 spiro atoms. The molecule has 0 saturated heterocycles. The number of hydrogen-bond donors (Lipinski definition) is 1. The van der Waals surface area contributed by atoms with E-state index in [4.69, 9.17) is 4.74 Å². The summed E-state index contributed by atoms with van der Waals surface area (Å²) in [5.74, 6) is -0.893. The lowest BCUT2D eigenvalue weighted by atomic mass is 9.79. The molecular weight excluding hydrogens is 322 g/mol. The van der Waals surface area contributed by atoms with Crippen molar-refractivity contribution < 1.29 is 9.53 Å². The van der Waals surface area contributed by atoms with Gasteiger partial charge in [0.05, 0.1) is 35.3 Å². The second kappa shape index (κ2) is 8.24. The van der Waals surface area contributed by atoms with Gasteiger partial charge in [-0.05, 0) is 13.0 Å². The third-order valence-electron chi connectivity index (χ3n) is 3.57. The molecule has 24 heavy (non-hydrogen) atoms. The average Bonchev–Trinajstić information content (AvgIpc) is 2.60. The number of benzene rings is 1. The Morgan fingerprint density at radius 3 is 2.79 bits per heavy atom. The van der Waals surface area contributed by atoms with Crippen LogP contribution in [-0.4, -0.2) is 18.3 Å². The van der Waals surface area contributed by atoms with Crippen molar-refractivity contribution >= 4 is 17.7 Å². The van der Waals surface area contributed by atoms with E-state index in [0.717, 1.165) is 0 Å². The van der Waals surface area contributed by atoms with E-state index in [9.17, 15) is 15.3 Å². The van der Waals surface area contributed by atoms with Gasteiger partial charge >= 0.3 is 0 Å². The van der Waals surface area contributed by atoms with Crippen LogP contribution in [0, 0.1) is 28.6 Å². The van der Waals surface area contributed by atoms with Crippen molar-refractivity contribution in [2.24, 2.45) is 5.92 Å². The molecular formula is C18H17N3O2S. The van der Waals surface area contributed by atoms with Gasteiger partial charge in [0.2, 0.25) is 5.91 Å². The predicted octanol–water partition coefficient (Wildman–Crippen LogP) is 3.09. The minimum absolute atomic E-state index is 0.375. The fourth-order valence-corrected chi connectivity index (χ4v) is 3.37. The predicted molar refractivity (Wildman–Crippen MR) is 92.9 cm³/mol. The normalized spacial score (nSPS) is 19.9.